The van der Waals surface area contributed by atoms with Crippen molar-refractivity contribution in [3.63, 3.8) is 0 Å². The van der Waals surface area contributed by atoms with E-state index in [1.54, 1.807) is 48.5 Å². The molecule has 0 unspecified atom stereocenters. The lowest BCUT2D eigenvalue weighted by Gasteiger charge is -2.08. The van der Waals surface area contributed by atoms with Gasteiger partial charge < -0.3 is 10.6 Å². The molecular formula is C22H16N4O3. The van der Waals surface area contributed by atoms with Gasteiger partial charge in [-0.15, -0.1) is 0 Å². The Morgan fingerprint density at radius 2 is 1.59 bits per heavy atom. The van der Waals surface area contributed by atoms with Crippen LogP contribution in [0.5, 0.6) is 0 Å². The Labute approximate surface area is 167 Å². The zero-order chi connectivity index (χ0) is 20.8. The first kappa shape index (κ1) is 19.5. The van der Waals surface area contributed by atoms with Crippen molar-refractivity contribution in [3.8, 4) is 6.07 Å². The summed E-state index contributed by atoms with van der Waals surface area (Å²) in [7, 11) is 0. The maximum Gasteiger partial charge on any atom is 0.274 e. The van der Waals surface area contributed by atoms with Gasteiger partial charge in [0.1, 0.15) is 5.69 Å². The number of nitrogens with zero attached hydrogens (tertiary/aromatic N) is 2. The maximum absolute atomic E-state index is 12.5. The van der Waals surface area contributed by atoms with Crippen molar-refractivity contribution in [1.82, 2.24) is 4.98 Å². The fraction of sp³-hybridized carbons (Fsp3) is 0.0455. The van der Waals surface area contributed by atoms with E-state index in [-0.39, 0.29) is 17.0 Å². The molecule has 3 aromatic rings. The second-order valence-corrected chi connectivity index (χ2v) is 6.16. The van der Waals surface area contributed by atoms with Gasteiger partial charge in [0.25, 0.3) is 11.8 Å². The van der Waals surface area contributed by atoms with E-state index in [2.05, 4.69) is 15.6 Å². The molecule has 2 N–H and O–H groups in total. The summed E-state index contributed by atoms with van der Waals surface area (Å²) in [5, 5.41) is 14.2. The molecule has 142 valence electrons. The van der Waals surface area contributed by atoms with Crippen LogP contribution in [-0.4, -0.2) is 22.6 Å². The van der Waals surface area contributed by atoms with E-state index >= 15 is 0 Å². The minimum absolute atomic E-state index is 0.0608. The fourth-order valence-electron chi connectivity index (χ4n) is 2.54. The summed E-state index contributed by atoms with van der Waals surface area (Å²) in [4.78, 5) is 40.4. The van der Waals surface area contributed by atoms with Gasteiger partial charge in [0, 0.05) is 28.7 Å². The summed E-state index contributed by atoms with van der Waals surface area (Å²) in [5.74, 6) is -1.02. The van der Waals surface area contributed by atoms with Crippen LogP contribution in [0.3, 0.4) is 0 Å². The lowest BCUT2D eigenvalue weighted by Crippen LogP contribution is -2.17. The number of hydrogen-bond donors (Lipinski definition) is 2. The zero-order valence-electron chi connectivity index (χ0n) is 15.5. The standard InChI is InChI=1S/C22H16N4O3/c1-14(27)16-3-2-4-19(11-16)26-22(29)20-12-17(9-10-24-20)21(28)25-18-7-5-15(13-23)6-8-18/h2-12H,1H3,(H,25,28)(H,26,29). The number of anilines is 2. The number of Topliss-reactive ketones (excluding diaryl/α,β-unsaturated/α-hetero) is 1. The van der Waals surface area contributed by atoms with Crippen LogP contribution in [0.2, 0.25) is 0 Å². The first-order valence-electron chi connectivity index (χ1n) is 8.66. The number of carbonyl (C=O) groups excluding carboxylic acids is 3. The quantitative estimate of drug-likeness (QED) is 0.652. The van der Waals surface area contributed by atoms with E-state index in [0.717, 1.165) is 0 Å². The molecule has 0 fully saturated rings. The maximum atomic E-state index is 12.5. The normalized spacial score (nSPS) is 9.93. The molecule has 7 heteroatoms. The number of hydrogen-bond acceptors (Lipinski definition) is 5. The van der Waals surface area contributed by atoms with Crippen LogP contribution in [0.25, 0.3) is 0 Å². The van der Waals surface area contributed by atoms with Gasteiger partial charge >= 0.3 is 0 Å². The highest BCUT2D eigenvalue weighted by molar-refractivity contribution is 6.08. The fourth-order valence-corrected chi connectivity index (χ4v) is 2.54. The molecule has 0 saturated heterocycles. The highest BCUT2D eigenvalue weighted by Crippen LogP contribution is 2.14. The first-order chi connectivity index (χ1) is 14.0. The van der Waals surface area contributed by atoms with E-state index in [1.807, 2.05) is 6.07 Å². The van der Waals surface area contributed by atoms with Crippen molar-refractivity contribution < 1.29 is 14.4 Å². The molecule has 3 rings (SSSR count). The Kier molecular flexibility index (Phi) is 5.76. The van der Waals surface area contributed by atoms with Gasteiger partial charge in [0.2, 0.25) is 0 Å². The van der Waals surface area contributed by atoms with Crippen LogP contribution in [0.4, 0.5) is 11.4 Å². The molecule has 2 amide bonds. The van der Waals surface area contributed by atoms with Crippen LogP contribution in [0.1, 0.15) is 43.7 Å². The average molecular weight is 384 g/mol. The number of ketones is 1. The van der Waals surface area contributed by atoms with Crippen LogP contribution in [0, 0.1) is 11.3 Å². The predicted octanol–water partition coefficient (Wildman–Crippen LogP) is 3.66. The van der Waals surface area contributed by atoms with Crippen LogP contribution < -0.4 is 10.6 Å². The zero-order valence-corrected chi connectivity index (χ0v) is 15.5. The summed E-state index contributed by atoms with van der Waals surface area (Å²) in [6, 6.07) is 17.9. The minimum Gasteiger partial charge on any atom is -0.322 e. The largest absolute Gasteiger partial charge is 0.322 e. The Bertz CT molecular complexity index is 1130. The van der Waals surface area contributed by atoms with Crippen molar-refractivity contribution in [3.05, 3.63) is 89.2 Å². The highest BCUT2D eigenvalue weighted by atomic mass is 16.2. The summed E-state index contributed by atoms with van der Waals surface area (Å²) in [6.07, 6.45) is 1.37. The van der Waals surface area contributed by atoms with Gasteiger partial charge in [-0.1, -0.05) is 12.1 Å². The van der Waals surface area contributed by atoms with Gasteiger partial charge in [-0.3, -0.25) is 19.4 Å². The second-order valence-electron chi connectivity index (χ2n) is 6.16. The van der Waals surface area contributed by atoms with E-state index in [0.29, 0.717) is 22.5 Å². The Hall–Kier alpha value is -4.31. The smallest absolute Gasteiger partial charge is 0.274 e. The van der Waals surface area contributed by atoms with Gasteiger partial charge in [0.15, 0.2) is 5.78 Å². The summed E-state index contributed by atoms with van der Waals surface area (Å²) >= 11 is 0. The molecule has 0 spiro atoms. The summed E-state index contributed by atoms with van der Waals surface area (Å²) in [6.45, 7) is 1.44. The molecule has 0 radical (unpaired) electrons. The molecule has 0 bridgehead atoms. The van der Waals surface area contributed by atoms with Gasteiger partial charge in [-0.05, 0) is 55.5 Å². The summed E-state index contributed by atoms with van der Waals surface area (Å²) in [5.41, 5.74) is 2.26. The lowest BCUT2D eigenvalue weighted by molar-refractivity contribution is 0.100. The number of nitriles is 1. The van der Waals surface area contributed by atoms with Crippen LogP contribution in [0.15, 0.2) is 66.9 Å². The molecule has 29 heavy (non-hydrogen) atoms. The first-order valence-corrected chi connectivity index (χ1v) is 8.66. The number of nitrogens with one attached hydrogen (secondary N) is 2. The molecule has 0 atom stereocenters. The number of benzene rings is 2. The molecule has 1 heterocycles. The molecule has 0 aliphatic heterocycles. The van der Waals surface area contributed by atoms with Crippen LogP contribution >= 0.6 is 0 Å². The predicted molar refractivity (Wildman–Crippen MR) is 108 cm³/mol. The molecule has 0 saturated carbocycles. The molecule has 7 nitrogen and oxygen atoms in total. The van der Waals surface area contributed by atoms with Crippen molar-refractivity contribution in [2.75, 3.05) is 10.6 Å². The van der Waals surface area contributed by atoms with E-state index in [9.17, 15) is 14.4 Å². The average Bonchev–Trinajstić information content (AvgIpc) is 2.74. The SMILES string of the molecule is CC(=O)c1cccc(NC(=O)c2cc(C(=O)Nc3ccc(C#N)cc3)ccn2)c1. The number of amides is 2. The van der Waals surface area contributed by atoms with E-state index < -0.39 is 11.8 Å². The Morgan fingerprint density at radius 3 is 2.28 bits per heavy atom. The Morgan fingerprint density at radius 1 is 0.862 bits per heavy atom. The molecule has 1 aromatic heterocycles. The van der Waals surface area contributed by atoms with Crippen molar-refractivity contribution in [1.29, 1.82) is 5.26 Å². The van der Waals surface area contributed by atoms with Crippen molar-refractivity contribution >= 4 is 29.0 Å². The second kappa shape index (κ2) is 8.59. The monoisotopic (exact) mass is 384 g/mol. The molecule has 0 aliphatic rings. The van der Waals surface area contributed by atoms with Crippen molar-refractivity contribution in [2.24, 2.45) is 0 Å². The minimum atomic E-state index is -0.501. The number of aromatic nitrogens is 1. The molecular weight excluding hydrogens is 368 g/mol. The third-order valence-corrected chi connectivity index (χ3v) is 4.05. The van der Waals surface area contributed by atoms with Crippen molar-refractivity contribution in [2.45, 2.75) is 6.92 Å². The third kappa shape index (κ3) is 4.90. The van der Waals surface area contributed by atoms with Gasteiger partial charge in [-0.2, -0.15) is 5.26 Å². The molecule has 2 aromatic carbocycles. The Balaban J connectivity index is 1.73. The van der Waals surface area contributed by atoms with Gasteiger partial charge in [0.05, 0.1) is 11.6 Å². The van der Waals surface area contributed by atoms with E-state index in [1.165, 1.54) is 25.3 Å². The van der Waals surface area contributed by atoms with Crippen LogP contribution in [-0.2, 0) is 0 Å². The highest BCUT2D eigenvalue weighted by Gasteiger charge is 2.13. The number of rotatable bonds is 5. The summed E-state index contributed by atoms with van der Waals surface area (Å²) < 4.78 is 0. The molecule has 0 aliphatic carbocycles. The lowest BCUT2D eigenvalue weighted by atomic mass is 10.1. The number of pyridine rings is 1. The number of carbonyl (C=O) groups is 3. The van der Waals surface area contributed by atoms with Gasteiger partial charge in [-0.25, -0.2) is 0 Å². The van der Waals surface area contributed by atoms with E-state index in [4.69, 9.17) is 5.26 Å². The third-order valence-electron chi connectivity index (χ3n) is 4.05. The topological polar surface area (TPSA) is 112 Å².